The van der Waals surface area contributed by atoms with Crippen LogP contribution in [0.4, 0.5) is 10.8 Å². The van der Waals surface area contributed by atoms with E-state index in [9.17, 15) is 0 Å². The van der Waals surface area contributed by atoms with Crippen LogP contribution in [0, 0.1) is 3.57 Å². The highest BCUT2D eigenvalue weighted by Crippen LogP contribution is 2.31. The highest BCUT2D eigenvalue weighted by molar-refractivity contribution is 14.1. The van der Waals surface area contributed by atoms with Crippen LogP contribution in [0.3, 0.4) is 0 Å². The summed E-state index contributed by atoms with van der Waals surface area (Å²) in [5.41, 5.74) is 2.04. The molecule has 3 rings (SSSR count). The van der Waals surface area contributed by atoms with Crippen LogP contribution in [0.15, 0.2) is 42.5 Å². The number of nitrogens with one attached hydrogen (secondary N) is 1. The lowest BCUT2D eigenvalue weighted by atomic mass is 10.3. The first kappa shape index (κ1) is 12.2. The molecule has 0 saturated heterocycles. The van der Waals surface area contributed by atoms with E-state index in [1.54, 1.807) is 11.3 Å². The molecule has 0 unspecified atom stereocenters. The first-order valence-electron chi connectivity index (χ1n) is 5.30. The molecule has 1 heterocycles. The number of nitrogens with zero attached hydrogens (tertiary/aromatic N) is 1. The Kier molecular flexibility index (Phi) is 3.41. The number of thiazole rings is 1. The van der Waals surface area contributed by atoms with Gasteiger partial charge in [-0.25, -0.2) is 4.98 Å². The Labute approximate surface area is 127 Å². The molecule has 0 saturated carbocycles. The molecule has 0 amide bonds. The summed E-state index contributed by atoms with van der Waals surface area (Å²) in [5, 5.41) is 4.97. The summed E-state index contributed by atoms with van der Waals surface area (Å²) >= 11 is 9.88. The fourth-order valence-electron chi connectivity index (χ4n) is 1.63. The van der Waals surface area contributed by atoms with Gasteiger partial charge in [-0.2, -0.15) is 0 Å². The van der Waals surface area contributed by atoms with E-state index in [1.807, 2.05) is 36.4 Å². The molecule has 90 valence electrons. The second kappa shape index (κ2) is 5.03. The quantitative estimate of drug-likeness (QED) is 0.605. The summed E-state index contributed by atoms with van der Waals surface area (Å²) in [5.74, 6) is 0. The lowest BCUT2D eigenvalue weighted by Gasteiger charge is -2.03. The monoisotopic (exact) mass is 386 g/mol. The molecule has 2 nitrogen and oxygen atoms in total. The Bertz CT molecular complexity index is 711. The van der Waals surface area contributed by atoms with Crippen molar-refractivity contribution >= 4 is 66.6 Å². The molecule has 0 aliphatic heterocycles. The summed E-state index contributed by atoms with van der Waals surface area (Å²) in [6.07, 6.45) is 0. The lowest BCUT2D eigenvalue weighted by molar-refractivity contribution is 1.43. The van der Waals surface area contributed by atoms with Gasteiger partial charge in [-0.3, -0.25) is 0 Å². The van der Waals surface area contributed by atoms with Crippen molar-refractivity contribution in [3.05, 3.63) is 51.1 Å². The predicted octanol–water partition coefficient (Wildman–Crippen LogP) is 5.30. The van der Waals surface area contributed by atoms with E-state index in [0.717, 1.165) is 26.1 Å². The molecular weight excluding hydrogens is 379 g/mol. The summed E-state index contributed by atoms with van der Waals surface area (Å²) in [6.45, 7) is 0. The number of anilines is 2. The van der Waals surface area contributed by atoms with E-state index in [0.29, 0.717) is 0 Å². The zero-order valence-electron chi connectivity index (χ0n) is 9.15. The molecule has 3 aromatic rings. The van der Waals surface area contributed by atoms with Crippen LogP contribution in [0.1, 0.15) is 0 Å². The molecule has 0 radical (unpaired) electrons. The van der Waals surface area contributed by atoms with Crippen molar-refractivity contribution in [2.24, 2.45) is 0 Å². The fourth-order valence-corrected chi connectivity index (χ4v) is 3.31. The van der Waals surface area contributed by atoms with Crippen molar-refractivity contribution in [3.63, 3.8) is 0 Å². The number of aromatic nitrogens is 1. The minimum Gasteiger partial charge on any atom is -0.331 e. The van der Waals surface area contributed by atoms with Gasteiger partial charge in [-0.15, -0.1) is 0 Å². The van der Waals surface area contributed by atoms with Gasteiger partial charge in [0, 0.05) is 8.59 Å². The highest BCUT2D eigenvalue weighted by Gasteiger charge is 2.06. The SMILES string of the molecule is Clc1ccc2nc(Nc3ccccc3I)sc2c1. The van der Waals surface area contributed by atoms with Crippen molar-refractivity contribution in [3.8, 4) is 0 Å². The van der Waals surface area contributed by atoms with E-state index in [-0.39, 0.29) is 0 Å². The van der Waals surface area contributed by atoms with E-state index in [1.165, 1.54) is 3.57 Å². The Morgan fingerprint density at radius 3 is 2.83 bits per heavy atom. The Morgan fingerprint density at radius 1 is 1.17 bits per heavy atom. The first-order valence-corrected chi connectivity index (χ1v) is 7.57. The number of benzene rings is 2. The first-order chi connectivity index (χ1) is 8.72. The Morgan fingerprint density at radius 2 is 2.00 bits per heavy atom. The van der Waals surface area contributed by atoms with Gasteiger partial charge in [0.15, 0.2) is 5.13 Å². The fraction of sp³-hybridized carbons (Fsp3) is 0. The van der Waals surface area contributed by atoms with Gasteiger partial charge in [-0.05, 0) is 52.9 Å². The molecule has 0 atom stereocenters. The van der Waals surface area contributed by atoms with Crippen molar-refractivity contribution < 1.29 is 0 Å². The summed E-state index contributed by atoms with van der Waals surface area (Å²) in [4.78, 5) is 4.54. The number of para-hydroxylation sites is 1. The zero-order chi connectivity index (χ0) is 12.5. The van der Waals surface area contributed by atoms with Gasteiger partial charge in [0.1, 0.15) is 0 Å². The average molecular weight is 387 g/mol. The lowest BCUT2D eigenvalue weighted by Crippen LogP contribution is -1.91. The second-order valence-electron chi connectivity index (χ2n) is 3.74. The standard InChI is InChI=1S/C13H8ClIN2S/c14-8-5-6-11-12(7-8)18-13(17-11)16-10-4-2-1-3-9(10)15/h1-7H,(H,16,17). The third kappa shape index (κ3) is 2.46. The molecule has 0 aliphatic rings. The summed E-state index contributed by atoms with van der Waals surface area (Å²) < 4.78 is 2.27. The van der Waals surface area contributed by atoms with Crippen molar-refractivity contribution in [1.82, 2.24) is 4.98 Å². The number of rotatable bonds is 2. The van der Waals surface area contributed by atoms with Crippen LogP contribution in [-0.2, 0) is 0 Å². The molecule has 0 fully saturated rings. The second-order valence-corrected chi connectivity index (χ2v) is 6.37. The van der Waals surface area contributed by atoms with Crippen molar-refractivity contribution in [2.75, 3.05) is 5.32 Å². The third-order valence-electron chi connectivity index (χ3n) is 2.47. The smallest absolute Gasteiger partial charge is 0.188 e. The molecule has 1 N–H and O–H groups in total. The van der Waals surface area contributed by atoms with Gasteiger partial charge in [0.05, 0.1) is 15.9 Å². The molecule has 0 spiro atoms. The number of hydrogen-bond acceptors (Lipinski definition) is 3. The van der Waals surface area contributed by atoms with E-state index < -0.39 is 0 Å². The average Bonchev–Trinajstić information content (AvgIpc) is 2.73. The zero-order valence-corrected chi connectivity index (χ0v) is 12.9. The molecule has 5 heteroatoms. The number of hydrogen-bond donors (Lipinski definition) is 1. The molecule has 0 aliphatic carbocycles. The Hall–Kier alpha value is -0.850. The van der Waals surface area contributed by atoms with E-state index in [2.05, 4.69) is 39.0 Å². The molecule has 1 aromatic heterocycles. The minimum absolute atomic E-state index is 0.743. The van der Waals surface area contributed by atoms with Crippen molar-refractivity contribution in [2.45, 2.75) is 0 Å². The van der Waals surface area contributed by atoms with Crippen LogP contribution in [0.25, 0.3) is 10.2 Å². The van der Waals surface area contributed by atoms with Crippen LogP contribution >= 0.6 is 45.5 Å². The number of halogens is 2. The Balaban J connectivity index is 1.98. The molecule has 18 heavy (non-hydrogen) atoms. The van der Waals surface area contributed by atoms with Gasteiger partial charge in [-0.1, -0.05) is 35.1 Å². The van der Waals surface area contributed by atoms with Crippen LogP contribution in [0.5, 0.6) is 0 Å². The minimum atomic E-state index is 0.743. The van der Waals surface area contributed by atoms with Crippen molar-refractivity contribution in [1.29, 1.82) is 0 Å². The number of fused-ring (bicyclic) bond motifs is 1. The molecular formula is C13H8ClIN2S. The van der Waals surface area contributed by atoms with Crippen LogP contribution in [0.2, 0.25) is 5.02 Å². The molecule has 0 bridgehead atoms. The normalized spacial score (nSPS) is 10.8. The highest BCUT2D eigenvalue weighted by atomic mass is 127. The maximum absolute atomic E-state index is 5.97. The van der Waals surface area contributed by atoms with Gasteiger partial charge in [0.25, 0.3) is 0 Å². The predicted molar refractivity (Wildman–Crippen MR) is 87.1 cm³/mol. The van der Waals surface area contributed by atoms with E-state index >= 15 is 0 Å². The molecule has 2 aromatic carbocycles. The van der Waals surface area contributed by atoms with E-state index in [4.69, 9.17) is 11.6 Å². The van der Waals surface area contributed by atoms with Crippen LogP contribution in [-0.4, -0.2) is 4.98 Å². The largest absolute Gasteiger partial charge is 0.331 e. The third-order valence-corrected chi connectivity index (χ3v) is 4.58. The summed E-state index contributed by atoms with van der Waals surface area (Å²) in [7, 11) is 0. The summed E-state index contributed by atoms with van der Waals surface area (Å²) in [6, 6.07) is 13.9. The maximum Gasteiger partial charge on any atom is 0.188 e. The topological polar surface area (TPSA) is 24.9 Å². The van der Waals surface area contributed by atoms with Gasteiger partial charge in [0.2, 0.25) is 0 Å². The van der Waals surface area contributed by atoms with Gasteiger partial charge >= 0.3 is 0 Å². The van der Waals surface area contributed by atoms with Gasteiger partial charge < -0.3 is 5.32 Å². The van der Waals surface area contributed by atoms with Crippen LogP contribution < -0.4 is 5.32 Å². The maximum atomic E-state index is 5.97.